The van der Waals surface area contributed by atoms with Crippen LogP contribution in [-0.4, -0.2) is 23.7 Å². The molecule has 1 aromatic heterocycles. The molecule has 0 saturated carbocycles. The third-order valence-corrected chi connectivity index (χ3v) is 3.77. The first kappa shape index (κ1) is 13.7. The Morgan fingerprint density at radius 3 is 2.61 bits per heavy atom. The lowest BCUT2D eigenvalue weighted by Gasteiger charge is -2.06. The molecule has 0 aliphatic carbocycles. The molecule has 0 spiro atoms. The van der Waals surface area contributed by atoms with Gasteiger partial charge in [0.2, 0.25) is 0 Å². The first-order chi connectivity index (χ1) is 11.2. The molecule has 5 nitrogen and oxygen atoms in total. The molecule has 1 unspecified atom stereocenters. The standard InChI is InChI=1S/C18H14N2O3/c21-16-9-15(11-4-2-1-3-5-11)20-14-7-6-12(8-13(14)16)18(22)23-17-10-19-17/h1-9,17,19H,10H2,(H,20,21). The number of hydrogen-bond acceptors (Lipinski definition) is 4. The molecular formula is C18H14N2O3. The topological polar surface area (TPSA) is 81.1 Å². The zero-order valence-electron chi connectivity index (χ0n) is 12.2. The molecule has 2 heterocycles. The molecule has 0 bridgehead atoms. The summed E-state index contributed by atoms with van der Waals surface area (Å²) in [6.45, 7) is 0.681. The molecule has 2 N–H and O–H groups in total. The van der Waals surface area contributed by atoms with Crippen LogP contribution in [0.1, 0.15) is 10.4 Å². The van der Waals surface area contributed by atoms with E-state index in [1.807, 2.05) is 30.3 Å². The average molecular weight is 306 g/mol. The van der Waals surface area contributed by atoms with Gasteiger partial charge in [0.15, 0.2) is 11.7 Å². The van der Waals surface area contributed by atoms with Crippen molar-refractivity contribution in [1.29, 1.82) is 0 Å². The molecule has 0 radical (unpaired) electrons. The van der Waals surface area contributed by atoms with Crippen molar-refractivity contribution in [3.8, 4) is 11.3 Å². The highest BCUT2D eigenvalue weighted by molar-refractivity contribution is 5.95. The molecule has 1 fully saturated rings. The van der Waals surface area contributed by atoms with Crippen molar-refractivity contribution < 1.29 is 9.53 Å². The maximum Gasteiger partial charge on any atom is 0.339 e. The second-order valence-corrected chi connectivity index (χ2v) is 5.48. The van der Waals surface area contributed by atoms with Crippen LogP contribution >= 0.6 is 0 Å². The fourth-order valence-corrected chi connectivity index (χ4v) is 2.48. The second kappa shape index (κ2) is 5.37. The van der Waals surface area contributed by atoms with Gasteiger partial charge in [-0.15, -0.1) is 0 Å². The van der Waals surface area contributed by atoms with E-state index in [4.69, 9.17) is 4.74 Å². The van der Waals surface area contributed by atoms with Crippen molar-refractivity contribution >= 4 is 16.9 Å². The number of aromatic amines is 1. The molecule has 114 valence electrons. The zero-order chi connectivity index (χ0) is 15.8. The van der Waals surface area contributed by atoms with Gasteiger partial charge in [-0.2, -0.15) is 0 Å². The summed E-state index contributed by atoms with van der Waals surface area (Å²) in [4.78, 5) is 27.6. The summed E-state index contributed by atoms with van der Waals surface area (Å²) in [5, 5.41) is 3.37. The van der Waals surface area contributed by atoms with E-state index in [0.29, 0.717) is 23.0 Å². The Morgan fingerprint density at radius 2 is 1.87 bits per heavy atom. The number of nitrogens with one attached hydrogen (secondary N) is 2. The zero-order valence-corrected chi connectivity index (χ0v) is 12.2. The Kier molecular flexibility index (Phi) is 3.20. The summed E-state index contributed by atoms with van der Waals surface area (Å²) >= 11 is 0. The molecule has 4 rings (SSSR count). The third kappa shape index (κ3) is 2.74. The van der Waals surface area contributed by atoms with E-state index in [0.717, 1.165) is 11.3 Å². The normalized spacial score (nSPS) is 16.3. The number of esters is 1. The second-order valence-electron chi connectivity index (χ2n) is 5.48. The van der Waals surface area contributed by atoms with Crippen LogP contribution in [-0.2, 0) is 4.74 Å². The molecule has 1 aliphatic rings. The van der Waals surface area contributed by atoms with Crippen LogP contribution < -0.4 is 10.7 Å². The summed E-state index contributed by atoms with van der Waals surface area (Å²) in [5.74, 6) is -0.423. The van der Waals surface area contributed by atoms with E-state index in [2.05, 4.69) is 10.3 Å². The number of carbonyl (C=O) groups excluding carboxylic acids is 1. The van der Waals surface area contributed by atoms with E-state index in [1.165, 1.54) is 0 Å². The number of ether oxygens (including phenoxy) is 1. The predicted molar refractivity (Wildman–Crippen MR) is 87.2 cm³/mol. The van der Waals surface area contributed by atoms with Gasteiger partial charge in [0, 0.05) is 29.2 Å². The predicted octanol–water partition coefficient (Wildman–Crippen LogP) is 2.28. The molecular weight excluding hydrogens is 292 g/mol. The Hall–Kier alpha value is -2.92. The number of carbonyl (C=O) groups is 1. The van der Waals surface area contributed by atoms with Gasteiger partial charge in [-0.1, -0.05) is 30.3 Å². The number of aromatic nitrogens is 1. The first-order valence-electron chi connectivity index (χ1n) is 7.37. The van der Waals surface area contributed by atoms with Gasteiger partial charge < -0.3 is 9.72 Å². The van der Waals surface area contributed by atoms with Gasteiger partial charge in [-0.3, -0.25) is 10.1 Å². The number of fused-ring (bicyclic) bond motifs is 1. The molecule has 2 aromatic carbocycles. The summed E-state index contributed by atoms with van der Waals surface area (Å²) in [6, 6.07) is 16.2. The van der Waals surface area contributed by atoms with E-state index in [9.17, 15) is 9.59 Å². The summed E-state index contributed by atoms with van der Waals surface area (Å²) < 4.78 is 5.17. The van der Waals surface area contributed by atoms with Crippen LogP contribution in [0.25, 0.3) is 22.2 Å². The fraction of sp³-hybridized carbons (Fsp3) is 0.111. The van der Waals surface area contributed by atoms with Crippen LogP contribution in [0.5, 0.6) is 0 Å². The third-order valence-electron chi connectivity index (χ3n) is 3.77. The highest BCUT2D eigenvalue weighted by atomic mass is 16.6. The minimum Gasteiger partial charge on any atom is -0.442 e. The Bertz CT molecular complexity index is 943. The van der Waals surface area contributed by atoms with Gasteiger partial charge in [-0.05, 0) is 23.8 Å². The summed E-state index contributed by atoms with van der Waals surface area (Å²) in [6.07, 6.45) is -0.197. The number of pyridine rings is 1. The monoisotopic (exact) mass is 306 g/mol. The van der Waals surface area contributed by atoms with Gasteiger partial charge in [0.25, 0.3) is 0 Å². The summed E-state index contributed by atoms with van der Waals surface area (Å²) in [5.41, 5.74) is 2.63. The Morgan fingerprint density at radius 1 is 1.09 bits per heavy atom. The quantitative estimate of drug-likeness (QED) is 0.574. The maximum atomic E-state index is 12.4. The molecule has 5 heteroatoms. The van der Waals surface area contributed by atoms with Gasteiger partial charge in [0.05, 0.1) is 5.56 Å². The lowest BCUT2D eigenvalue weighted by Crippen LogP contribution is -2.11. The van der Waals surface area contributed by atoms with Crippen molar-refractivity contribution in [2.24, 2.45) is 0 Å². The SMILES string of the molecule is O=C(OC1CN1)c1ccc2[nH]c(-c3ccccc3)cc(=O)c2c1. The van der Waals surface area contributed by atoms with Crippen LogP contribution in [0.3, 0.4) is 0 Å². The fourth-order valence-electron chi connectivity index (χ4n) is 2.48. The largest absolute Gasteiger partial charge is 0.442 e. The average Bonchev–Trinajstić information content (AvgIpc) is 3.39. The van der Waals surface area contributed by atoms with Crippen LogP contribution in [0.15, 0.2) is 59.4 Å². The minimum absolute atomic E-state index is 0.128. The van der Waals surface area contributed by atoms with E-state index in [1.54, 1.807) is 24.3 Å². The maximum absolute atomic E-state index is 12.4. The highest BCUT2D eigenvalue weighted by Crippen LogP contribution is 2.19. The lowest BCUT2D eigenvalue weighted by atomic mass is 10.1. The number of H-pyrrole nitrogens is 1. The van der Waals surface area contributed by atoms with Crippen LogP contribution in [0, 0.1) is 0 Å². The van der Waals surface area contributed by atoms with Gasteiger partial charge in [0.1, 0.15) is 0 Å². The van der Waals surface area contributed by atoms with E-state index < -0.39 is 5.97 Å². The van der Waals surface area contributed by atoms with Crippen LogP contribution in [0.2, 0.25) is 0 Å². The molecule has 1 aliphatic heterocycles. The smallest absolute Gasteiger partial charge is 0.339 e. The van der Waals surface area contributed by atoms with Crippen molar-refractivity contribution in [3.63, 3.8) is 0 Å². The van der Waals surface area contributed by atoms with Crippen LogP contribution in [0.4, 0.5) is 0 Å². The highest BCUT2D eigenvalue weighted by Gasteiger charge is 2.25. The molecule has 0 amide bonds. The number of rotatable bonds is 3. The van der Waals surface area contributed by atoms with Crippen molar-refractivity contribution in [1.82, 2.24) is 10.3 Å². The Labute approximate surface area is 131 Å². The number of benzene rings is 2. The van der Waals surface area contributed by atoms with Crippen molar-refractivity contribution in [3.05, 3.63) is 70.4 Å². The van der Waals surface area contributed by atoms with Crippen molar-refractivity contribution in [2.75, 3.05) is 6.54 Å². The lowest BCUT2D eigenvalue weighted by molar-refractivity contribution is 0.0467. The number of hydrogen-bond donors (Lipinski definition) is 2. The summed E-state index contributed by atoms with van der Waals surface area (Å²) in [7, 11) is 0. The van der Waals surface area contributed by atoms with E-state index >= 15 is 0 Å². The molecule has 1 atom stereocenters. The van der Waals surface area contributed by atoms with Gasteiger partial charge >= 0.3 is 5.97 Å². The first-order valence-corrected chi connectivity index (χ1v) is 7.37. The molecule has 23 heavy (non-hydrogen) atoms. The van der Waals surface area contributed by atoms with Crippen molar-refractivity contribution in [2.45, 2.75) is 6.23 Å². The Balaban J connectivity index is 1.76. The van der Waals surface area contributed by atoms with Gasteiger partial charge in [-0.25, -0.2) is 4.79 Å². The molecule has 1 saturated heterocycles. The van der Waals surface area contributed by atoms with E-state index in [-0.39, 0.29) is 11.7 Å². The molecule has 3 aromatic rings. The minimum atomic E-state index is -0.423.